The molecule has 0 spiro atoms. The van der Waals surface area contributed by atoms with Crippen LogP contribution in [0.1, 0.15) is 39.2 Å². The third-order valence-electron chi connectivity index (χ3n) is 6.32. The first-order valence-electron chi connectivity index (χ1n) is 10.8. The molecule has 0 N–H and O–H groups in total. The van der Waals surface area contributed by atoms with E-state index in [0.29, 0.717) is 5.92 Å². The maximum absolute atomic E-state index is 13.0. The van der Waals surface area contributed by atoms with Crippen molar-refractivity contribution in [1.82, 2.24) is 14.7 Å². The summed E-state index contributed by atoms with van der Waals surface area (Å²) in [5.74, 6) is 1.19. The molecule has 3 rings (SSSR count). The molecule has 2 fully saturated rings. The van der Waals surface area contributed by atoms with Crippen molar-refractivity contribution in [3.8, 4) is 0 Å². The Hall–Kier alpha value is -1.88. The van der Waals surface area contributed by atoms with Gasteiger partial charge in [-0.3, -0.25) is 14.5 Å². The molecule has 2 saturated heterocycles. The molecule has 0 bridgehead atoms. The molecule has 2 heterocycles. The van der Waals surface area contributed by atoms with E-state index in [2.05, 4.69) is 40.1 Å². The zero-order valence-corrected chi connectivity index (χ0v) is 17.6. The molecule has 2 aliphatic heterocycles. The van der Waals surface area contributed by atoms with Crippen molar-refractivity contribution in [1.29, 1.82) is 0 Å². The van der Waals surface area contributed by atoms with Crippen molar-refractivity contribution >= 4 is 11.8 Å². The Morgan fingerprint density at radius 1 is 0.857 bits per heavy atom. The normalized spacial score (nSPS) is 20.4. The summed E-state index contributed by atoms with van der Waals surface area (Å²) in [4.78, 5) is 31.4. The van der Waals surface area contributed by atoms with Gasteiger partial charge in [-0.1, -0.05) is 44.2 Å². The van der Waals surface area contributed by atoms with E-state index < -0.39 is 0 Å². The number of benzene rings is 1. The lowest BCUT2D eigenvalue weighted by atomic mass is 9.90. The quantitative estimate of drug-likeness (QED) is 0.783. The number of rotatable bonds is 5. The summed E-state index contributed by atoms with van der Waals surface area (Å²) < 4.78 is 0. The molecule has 5 nitrogen and oxygen atoms in total. The van der Waals surface area contributed by atoms with E-state index in [1.807, 2.05) is 25.7 Å². The second kappa shape index (κ2) is 9.55. The summed E-state index contributed by atoms with van der Waals surface area (Å²) in [6, 6.07) is 10.6. The lowest BCUT2D eigenvalue weighted by Crippen LogP contribution is -2.56. The molecule has 28 heavy (non-hydrogen) atoms. The van der Waals surface area contributed by atoms with Gasteiger partial charge in [-0.2, -0.15) is 0 Å². The van der Waals surface area contributed by atoms with Crippen molar-refractivity contribution < 1.29 is 9.59 Å². The number of carbonyl (C=O) groups is 2. The second-order valence-electron chi connectivity index (χ2n) is 8.65. The first-order chi connectivity index (χ1) is 13.5. The fourth-order valence-electron chi connectivity index (χ4n) is 4.42. The van der Waals surface area contributed by atoms with Crippen LogP contribution in [-0.4, -0.2) is 71.8 Å². The third kappa shape index (κ3) is 5.13. The highest BCUT2D eigenvalue weighted by Gasteiger charge is 2.32. The van der Waals surface area contributed by atoms with Crippen LogP contribution in [0.25, 0.3) is 0 Å². The highest BCUT2D eigenvalue weighted by molar-refractivity contribution is 5.82. The molecule has 1 aromatic rings. The van der Waals surface area contributed by atoms with Crippen LogP contribution >= 0.6 is 0 Å². The highest BCUT2D eigenvalue weighted by Crippen LogP contribution is 2.23. The molecule has 0 radical (unpaired) electrons. The number of nitrogens with zero attached hydrogens (tertiary/aromatic N) is 3. The van der Waals surface area contributed by atoms with Crippen molar-refractivity contribution in [2.45, 2.75) is 46.1 Å². The molecule has 154 valence electrons. The van der Waals surface area contributed by atoms with Crippen LogP contribution < -0.4 is 0 Å². The summed E-state index contributed by atoms with van der Waals surface area (Å²) in [7, 11) is 0. The smallest absolute Gasteiger partial charge is 0.239 e. The van der Waals surface area contributed by atoms with Gasteiger partial charge in [-0.15, -0.1) is 0 Å². The maximum Gasteiger partial charge on any atom is 0.239 e. The van der Waals surface area contributed by atoms with Gasteiger partial charge in [0, 0.05) is 45.2 Å². The van der Waals surface area contributed by atoms with Gasteiger partial charge in [-0.05, 0) is 37.7 Å². The van der Waals surface area contributed by atoms with E-state index >= 15 is 0 Å². The monoisotopic (exact) mass is 385 g/mol. The standard InChI is InChI=1S/C23H35N3O2/c1-18(2)22(27)26-15-13-24(14-16-26)19(3)23(28)25-11-9-21(10-12-25)17-20-7-5-4-6-8-20/h4-8,18-19,21H,9-17H2,1-3H3. The maximum atomic E-state index is 13.0. The second-order valence-corrected chi connectivity index (χ2v) is 8.65. The lowest BCUT2D eigenvalue weighted by Gasteiger charge is -2.40. The van der Waals surface area contributed by atoms with Crippen molar-refractivity contribution in [3.63, 3.8) is 0 Å². The first-order valence-corrected chi connectivity index (χ1v) is 10.8. The van der Waals surface area contributed by atoms with Crippen LogP contribution in [0.2, 0.25) is 0 Å². The van der Waals surface area contributed by atoms with Crippen molar-refractivity contribution in [3.05, 3.63) is 35.9 Å². The van der Waals surface area contributed by atoms with Gasteiger partial charge in [0.1, 0.15) is 0 Å². The van der Waals surface area contributed by atoms with E-state index in [1.54, 1.807) is 0 Å². The molecule has 2 amide bonds. The van der Waals surface area contributed by atoms with Gasteiger partial charge >= 0.3 is 0 Å². The van der Waals surface area contributed by atoms with Crippen molar-refractivity contribution in [2.24, 2.45) is 11.8 Å². The Labute approximate surface area is 169 Å². The minimum Gasteiger partial charge on any atom is -0.341 e. The number of likely N-dealkylation sites (tertiary alicyclic amines) is 1. The molecule has 1 aromatic carbocycles. The highest BCUT2D eigenvalue weighted by atomic mass is 16.2. The van der Waals surface area contributed by atoms with Crippen LogP contribution in [-0.2, 0) is 16.0 Å². The number of amides is 2. The van der Waals surface area contributed by atoms with Crippen LogP contribution in [0.5, 0.6) is 0 Å². The topological polar surface area (TPSA) is 43.9 Å². The minimum absolute atomic E-state index is 0.0442. The van der Waals surface area contributed by atoms with E-state index in [1.165, 1.54) is 5.56 Å². The summed E-state index contributed by atoms with van der Waals surface area (Å²) in [5.41, 5.74) is 1.40. The Morgan fingerprint density at radius 3 is 2.00 bits per heavy atom. The third-order valence-corrected chi connectivity index (χ3v) is 6.32. The average molecular weight is 386 g/mol. The fourth-order valence-corrected chi connectivity index (χ4v) is 4.42. The summed E-state index contributed by atoms with van der Waals surface area (Å²) in [6.07, 6.45) is 3.29. The van der Waals surface area contributed by atoms with E-state index in [0.717, 1.165) is 58.5 Å². The number of hydrogen-bond acceptors (Lipinski definition) is 3. The predicted octanol–water partition coefficient (Wildman–Crippen LogP) is 2.66. The number of carbonyl (C=O) groups excluding carboxylic acids is 2. The lowest BCUT2D eigenvalue weighted by molar-refractivity contribution is -0.140. The van der Waals surface area contributed by atoms with Crippen molar-refractivity contribution in [2.75, 3.05) is 39.3 Å². The minimum atomic E-state index is -0.0954. The van der Waals surface area contributed by atoms with Crippen LogP contribution in [0.4, 0.5) is 0 Å². The summed E-state index contributed by atoms with van der Waals surface area (Å²) >= 11 is 0. The molecule has 0 saturated carbocycles. The summed E-state index contributed by atoms with van der Waals surface area (Å²) in [5, 5.41) is 0. The van der Waals surface area contributed by atoms with Gasteiger partial charge in [0.15, 0.2) is 0 Å². The molecular weight excluding hydrogens is 350 g/mol. The van der Waals surface area contributed by atoms with E-state index in [9.17, 15) is 9.59 Å². The molecular formula is C23H35N3O2. The van der Waals surface area contributed by atoms with Gasteiger partial charge in [0.2, 0.25) is 11.8 Å². The number of hydrogen-bond donors (Lipinski definition) is 0. The summed E-state index contributed by atoms with van der Waals surface area (Å²) in [6.45, 7) is 10.7. The van der Waals surface area contributed by atoms with Gasteiger partial charge in [0.05, 0.1) is 6.04 Å². The molecule has 1 atom stereocenters. The Balaban J connectivity index is 1.44. The number of piperazine rings is 1. The molecule has 2 aliphatic rings. The van der Waals surface area contributed by atoms with E-state index in [4.69, 9.17) is 0 Å². The molecule has 0 aromatic heterocycles. The zero-order valence-electron chi connectivity index (χ0n) is 17.6. The molecule has 1 unspecified atom stereocenters. The van der Waals surface area contributed by atoms with Crippen LogP contribution in [0.15, 0.2) is 30.3 Å². The number of piperidine rings is 1. The Morgan fingerprint density at radius 2 is 1.43 bits per heavy atom. The first kappa shape index (κ1) is 20.8. The molecule has 0 aliphatic carbocycles. The van der Waals surface area contributed by atoms with Gasteiger partial charge < -0.3 is 9.80 Å². The predicted molar refractivity (Wildman–Crippen MR) is 112 cm³/mol. The average Bonchev–Trinajstić information content (AvgIpc) is 2.73. The zero-order chi connectivity index (χ0) is 20.1. The Bertz CT molecular complexity index is 645. The van der Waals surface area contributed by atoms with Crippen LogP contribution in [0, 0.1) is 11.8 Å². The van der Waals surface area contributed by atoms with E-state index in [-0.39, 0.29) is 23.8 Å². The largest absolute Gasteiger partial charge is 0.341 e. The van der Waals surface area contributed by atoms with Gasteiger partial charge in [0.25, 0.3) is 0 Å². The van der Waals surface area contributed by atoms with Gasteiger partial charge in [-0.25, -0.2) is 0 Å². The fraction of sp³-hybridized carbons (Fsp3) is 0.652. The Kier molecular flexibility index (Phi) is 7.11. The van der Waals surface area contributed by atoms with Crippen LogP contribution in [0.3, 0.4) is 0 Å². The molecule has 5 heteroatoms. The SMILES string of the molecule is CC(C)C(=O)N1CCN(C(C)C(=O)N2CCC(Cc3ccccc3)CC2)CC1.